The molecule has 1 unspecified atom stereocenters. The number of nitrogens with zero attached hydrogens (tertiary/aromatic N) is 1. The molecule has 9 heteroatoms. The van der Waals surface area contributed by atoms with Gasteiger partial charge in [-0.3, -0.25) is 14.5 Å². The number of morpholine rings is 1. The molecule has 194 valence electrons. The van der Waals surface area contributed by atoms with Gasteiger partial charge in [0.1, 0.15) is 5.75 Å². The second kappa shape index (κ2) is 13.2. The second-order valence-electron chi connectivity index (χ2n) is 8.62. The second-order valence-corrected chi connectivity index (χ2v) is 8.62. The highest BCUT2D eigenvalue weighted by atomic mass is 16.5. The quantitative estimate of drug-likeness (QED) is 0.344. The first-order valence-corrected chi connectivity index (χ1v) is 11.8. The van der Waals surface area contributed by atoms with E-state index < -0.39 is 11.9 Å². The highest BCUT2D eigenvalue weighted by molar-refractivity contribution is 5.94. The molecule has 1 heterocycles. The van der Waals surface area contributed by atoms with Gasteiger partial charge in [-0.05, 0) is 60.0 Å². The molecule has 5 N–H and O–H groups in total. The molecule has 0 aliphatic carbocycles. The summed E-state index contributed by atoms with van der Waals surface area (Å²) in [7, 11) is 0. The average Bonchev–Trinajstić information content (AvgIpc) is 2.90. The van der Waals surface area contributed by atoms with E-state index in [0.29, 0.717) is 17.5 Å². The van der Waals surface area contributed by atoms with Crippen molar-refractivity contribution < 1.29 is 29.3 Å². The Balaban J connectivity index is 0.000000233. The first-order valence-electron chi connectivity index (χ1n) is 11.8. The van der Waals surface area contributed by atoms with Crippen molar-refractivity contribution in [2.75, 3.05) is 26.3 Å². The third kappa shape index (κ3) is 7.89. The van der Waals surface area contributed by atoms with E-state index in [1.54, 1.807) is 24.3 Å². The lowest BCUT2D eigenvalue weighted by molar-refractivity contribution is -0.110. The van der Waals surface area contributed by atoms with Crippen molar-refractivity contribution in [3.63, 3.8) is 0 Å². The first kappa shape index (κ1) is 27.4. The van der Waals surface area contributed by atoms with Gasteiger partial charge in [0.25, 0.3) is 0 Å². The van der Waals surface area contributed by atoms with Crippen molar-refractivity contribution in [2.45, 2.75) is 19.5 Å². The Morgan fingerprint density at radius 1 is 1.05 bits per heavy atom. The van der Waals surface area contributed by atoms with Crippen molar-refractivity contribution in [1.29, 1.82) is 0 Å². The molecule has 37 heavy (non-hydrogen) atoms. The van der Waals surface area contributed by atoms with E-state index in [9.17, 15) is 19.5 Å². The number of carbonyl (C=O) groups is 3. The van der Waals surface area contributed by atoms with Crippen LogP contribution in [0.5, 0.6) is 5.75 Å². The minimum atomic E-state index is -0.951. The Labute approximate surface area is 215 Å². The lowest BCUT2D eigenvalue weighted by Gasteiger charge is -2.26. The first-order chi connectivity index (χ1) is 17.8. The molecule has 4 rings (SSSR count). The highest BCUT2D eigenvalue weighted by Crippen LogP contribution is 2.30. The number of phenols is 1. The Hall–Kier alpha value is -4.21. The summed E-state index contributed by atoms with van der Waals surface area (Å²) in [6.07, 6.45) is 0.621. The van der Waals surface area contributed by atoms with Crippen LogP contribution >= 0.6 is 0 Å². The minimum absolute atomic E-state index is 0.0600. The number of aromatic carboxylic acids is 1. The summed E-state index contributed by atoms with van der Waals surface area (Å²) in [5.41, 5.74) is 9.45. The molecule has 0 saturated carbocycles. The van der Waals surface area contributed by atoms with Gasteiger partial charge in [-0.25, -0.2) is 4.79 Å². The van der Waals surface area contributed by atoms with Gasteiger partial charge in [-0.2, -0.15) is 0 Å². The van der Waals surface area contributed by atoms with E-state index in [1.165, 1.54) is 23.8 Å². The zero-order valence-electron chi connectivity index (χ0n) is 20.6. The summed E-state index contributed by atoms with van der Waals surface area (Å²) in [5.74, 6) is -1.44. The molecule has 1 aliphatic rings. The number of nitrogens with two attached hydrogens (primary N) is 1. The Morgan fingerprint density at radius 2 is 1.73 bits per heavy atom. The van der Waals surface area contributed by atoms with Crippen LogP contribution in [0.4, 0.5) is 0 Å². The Bertz CT molecular complexity index is 1220. The number of ether oxygens (including phenoxy) is 1. The molecule has 2 amide bonds. The number of phenolic OH excluding ortho intramolecular Hbond substituents is 1. The topological polar surface area (TPSA) is 142 Å². The smallest absolute Gasteiger partial charge is 0.335 e. The average molecular weight is 506 g/mol. The molecule has 3 aromatic rings. The Morgan fingerprint density at radius 3 is 2.32 bits per heavy atom. The van der Waals surface area contributed by atoms with E-state index in [2.05, 4.69) is 22.3 Å². The standard InChI is InChI=1S/C18H20N2O3.C10H11NO3/c19-18(22)15-4-5-16(17(21)11-15)14-3-1-2-13(10-14)12-20-6-8-23-9-7-20;1-7(11-6-12)8-2-4-9(5-3-8)10(13)14/h1-5,10-11,21H,6-9,12H2,(H2,19,22);2-7H,1H3,(H,11,12)(H,13,14). The summed E-state index contributed by atoms with van der Waals surface area (Å²) in [6.45, 7) is 6.09. The zero-order valence-corrected chi connectivity index (χ0v) is 20.6. The van der Waals surface area contributed by atoms with Gasteiger partial charge in [-0.15, -0.1) is 0 Å². The van der Waals surface area contributed by atoms with Crippen LogP contribution in [-0.4, -0.2) is 59.7 Å². The Kier molecular flexibility index (Phi) is 9.76. The summed E-state index contributed by atoms with van der Waals surface area (Å²) >= 11 is 0. The van der Waals surface area contributed by atoms with Crippen LogP contribution in [0.1, 0.15) is 44.8 Å². The predicted octanol–water partition coefficient (Wildman–Crippen LogP) is 3.18. The van der Waals surface area contributed by atoms with Crippen molar-refractivity contribution in [2.24, 2.45) is 5.73 Å². The fraction of sp³-hybridized carbons (Fsp3) is 0.250. The molecular weight excluding hydrogens is 474 g/mol. The molecule has 0 aromatic heterocycles. The van der Waals surface area contributed by atoms with Gasteiger partial charge in [0, 0.05) is 30.8 Å². The number of hydrogen-bond donors (Lipinski definition) is 4. The third-order valence-electron chi connectivity index (χ3n) is 6.01. The molecule has 0 spiro atoms. The molecule has 9 nitrogen and oxygen atoms in total. The van der Waals surface area contributed by atoms with Crippen LogP contribution in [-0.2, 0) is 16.1 Å². The van der Waals surface area contributed by atoms with Crippen molar-refractivity contribution in [3.8, 4) is 16.9 Å². The van der Waals surface area contributed by atoms with Crippen molar-refractivity contribution in [1.82, 2.24) is 10.2 Å². The molecule has 0 radical (unpaired) electrons. The van der Waals surface area contributed by atoms with E-state index in [4.69, 9.17) is 15.6 Å². The zero-order chi connectivity index (χ0) is 26.8. The highest BCUT2D eigenvalue weighted by Gasteiger charge is 2.13. The minimum Gasteiger partial charge on any atom is -0.507 e. The van der Waals surface area contributed by atoms with Gasteiger partial charge in [-0.1, -0.05) is 30.3 Å². The molecule has 1 saturated heterocycles. The number of rotatable bonds is 8. The van der Waals surface area contributed by atoms with Crippen LogP contribution in [0.25, 0.3) is 11.1 Å². The number of amides is 2. The number of hydrogen-bond acceptors (Lipinski definition) is 6. The van der Waals surface area contributed by atoms with Gasteiger partial charge in [0.05, 0.1) is 24.8 Å². The molecule has 0 bridgehead atoms. The van der Waals surface area contributed by atoms with Crippen LogP contribution in [0.15, 0.2) is 66.7 Å². The van der Waals surface area contributed by atoms with Crippen molar-refractivity contribution in [3.05, 3.63) is 89.0 Å². The SMILES string of the molecule is CC(NC=O)c1ccc(C(=O)O)cc1.NC(=O)c1ccc(-c2cccc(CN3CCOCC3)c2)c(O)c1. The normalized spacial score (nSPS) is 14.1. The lowest BCUT2D eigenvalue weighted by atomic mass is 10.00. The molecular formula is C28H31N3O6. The maximum absolute atomic E-state index is 11.2. The number of carboxylic acid groups (broad SMARTS) is 1. The van der Waals surface area contributed by atoms with Gasteiger partial charge >= 0.3 is 5.97 Å². The number of aromatic hydroxyl groups is 1. The maximum atomic E-state index is 11.2. The largest absolute Gasteiger partial charge is 0.507 e. The van der Waals surface area contributed by atoms with Gasteiger partial charge < -0.3 is 26.0 Å². The number of carbonyl (C=O) groups excluding carboxylic acids is 2. The summed E-state index contributed by atoms with van der Waals surface area (Å²) in [5, 5.41) is 21.4. The van der Waals surface area contributed by atoms with Crippen LogP contribution in [0.3, 0.4) is 0 Å². The lowest BCUT2D eigenvalue weighted by Crippen LogP contribution is -2.35. The molecule has 1 aliphatic heterocycles. The number of nitrogens with one attached hydrogen (secondary N) is 1. The van der Waals surface area contributed by atoms with Crippen LogP contribution in [0, 0.1) is 0 Å². The van der Waals surface area contributed by atoms with E-state index in [0.717, 1.165) is 44.0 Å². The fourth-order valence-corrected chi connectivity index (χ4v) is 3.90. The van der Waals surface area contributed by atoms with Gasteiger partial charge in [0.2, 0.25) is 12.3 Å². The van der Waals surface area contributed by atoms with Gasteiger partial charge in [0.15, 0.2) is 0 Å². The number of carboxylic acids is 1. The summed E-state index contributed by atoms with van der Waals surface area (Å²) < 4.78 is 5.36. The fourth-order valence-electron chi connectivity index (χ4n) is 3.90. The van der Waals surface area contributed by atoms with E-state index in [-0.39, 0.29) is 17.4 Å². The number of primary amides is 1. The van der Waals surface area contributed by atoms with Crippen molar-refractivity contribution >= 4 is 18.3 Å². The maximum Gasteiger partial charge on any atom is 0.335 e. The summed E-state index contributed by atoms with van der Waals surface area (Å²) in [4.78, 5) is 34.2. The predicted molar refractivity (Wildman–Crippen MR) is 139 cm³/mol. The van der Waals surface area contributed by atoms with E-state index >= 15 is 0 Å². The molecule has 1 fully saturated rings. The molecule has 3 aromatic carbocycles. The van der Waals surface area contributed by atoms with Crippen LogP contribution in [0.2, 0.25) is 0 Å². The monoisotopic (exact) mass is 505 g/mol. The van der Waals surface area contributed by atoms with E-state index in [1.807, 2.05) is 19.1 Å². The third-order valence-corrected chi connectivity index (χ3v) is 6.01. The number of benzene rings is 3. The van der Waals surface area contributed by atoms with Crippen LogP contribution < -0.4 is 11.1 Å². The summed E-state index contributed by atoms with van der Waals surface area (Å²) in [6, 6.07) is 19.1. The molecule has 1 atom stereocenters.